The number of fused-ring (bicyclic) bond motifs is 8. The molecule has 2 fully saturated rings. The molecular weight excluding hydrogens is 503 g/mol. The number of carbonyl (C=O) groups excluding carboxylic acids is 1. The largest absolute Gasteiger partial charge is 0.328 e. The Morgan fingerprint density at radius 2 is 2.05 bits per heavy atom. The Bertz CT molecular complexity index is 1430. The zero-order valence-electron chi connectivity index (χ0n) is 23.6. The van der Waals surface area contributed by atoms with E-state index in [0.29, 0.717) is 47.7 Å². The number of halogens is 1. The van der Waals surface area contributed by atoms with E-state index in [2.05, 4.69) is 47.3 Å². The lowest BCUT2D eigenvalue weighted by molar-refractivity contribution is -0.116. The highest BCUT2D eigenvalue weighted by Gasteiger charge is 2.62. The Morgan fingerprint density at radius 1 is 1.20 bits per heavy atom. The lowest BCUT2D eigenvalue weighted by Crippen LogP contribution is -2.50. The summed E-state index contributed by atoms with van der Waals surface area (Å²) in [5, 5.41) is 2.92. The van der Waals surface area contributed by atoms with Crippen molar-refractivity contribution in [3.8, 4) is 0 Å². The van der Waals surface area contributed by atoms with Gasteiger partial charge in [0.2, 0.25) is 5.91 Å². The van der Waals surface area contributed by atoms with Gasteiger partial charge in [0.1, 0.15) is 11.5 Å². The number of hydrazine groups is 1. The number of amides is 1. The molecule has 4 N–H and O–H groups in total. The lowest BCUT2D eigenvalue weighted by Gasteiger charge is -2.52. The van der Waals surface area contributed by atoms with Crippen LogP contribution in [0.5, 0.6) is 0 Å². The maximum absolute atomic E-state index is 14.7. The van der Waals surface area contributed by atoms with Crippen molar-refractivity contribution in [2.24, 2.45) is 29.1 Å². The van der Waals surface area contributed by atoms with E-state index in [9.17, 15) is 14.0 Å². The van der Waals surface area contributed by atoms with Gasteiger partial charge in [-0.15, -0.1) is 0 Å². The number of aryl methyl sites for hydroxylation is 2. The average Bonchev–Trinajstić information content (AvgIpc) is 3.53. The van der Waals surface area contributed by atoms with Gasteiger partial charge in [-0.3, -0.25) is 9.59 Å². The van der Waals surface area contributed by atoms with Gasteiger partial charge in [0.05, 0.1) is 6.04 Å². The third-order valence-electron chi connectivity index (χ3n) is 11.3. The summed E-state index contributed by atoms with van der Waals surface area (Å²) in [4.78, 5) is 28.7. The van der Waals surface area contributed by atoms with Gasteiger partial charge < -0.3 is 15.7 Å². The van der Waals surface area contributed by atoms with Crippen LogP contribution in [-0.2, 0) is 24.1 Å². The molecule has 1 aromatic carbocycles. The fourth-order valence-electron chi connectivity index (χ4n) is 9.48. The number of aromatic nitrogens is 1. The summed E-state index contributed by atoms with van der Waals surface area (Å²) in [7, 11) is 0. The fraction of sp³-hybridized carbons (Fsp3) is 0.576. The molecule has 7 rings (SSSR count). The van der Waals surface area contributed by atoms with E-state index in [1.807, 2.05) is 12.1 Å². The quantitative estimate of drug-likeness (QED) is 0.401. The minimum Gasteiger partial charge on any atom is -0.328 e. The second-order valence-electron chi connectivity index (χ2n) is 13.4. The highest BCUT2D eigenvalue weighted by molar-refractivity contribution is 5.90. The number of aromatic amines is 1. The molecule has 1 amide bonds. The number of nitrogens with one attached hydrogen (secondary N) is 4. The van der Waals surface area contributed by atoms with Gasteiger partial charge in [0.25, 0.3) is 5.56 Å². The third kappa shape index (κ3) is 4.07. The second kappa shape index (κ2) is 9.86. The molecule has 5 aliphatic rings. The molecular formula is C33H41FN4O2. The maximum atomic E-state index is 14.7. The molecule has 0 saturated heterocycles. The van der Waals surface area contributed by atoms with Crippen molar-refractivity contribution in [2.75, 3.05) is 5.32 Å². The van der Waals surface area contributed by atoms with Crippen LogP contribution in [0.4, 0.5) is 10.1 Å². The molecule has 7 atom stereocenters. The number of benzene rings is 1. The first-order chi connectivity index (χ1) is 19.3. The van der Waals surface area contributed by atoms with Gasteiger partial charge in [-0.05, 0) is 127 Å². The summed E-state index contributed by atoms with van der Waals surface area (Å²) >= 11 is 0. The van der Waals surface area contributed by atoms with Crippen molar-refractivity contribution >= 4 is 11.6 Å². The Morgan fingerprint density at radius 3 is 2.92 bits per heavy atom. The van der Waals surface area contributed by atoms with Crippen LogP contribution in [0.2, 0.25) is 0 Å². The van der Waals surface area contributed by atoms with Crippen molar-refractivity contribution in [1.29, 1.82) is 0 Å². The molecule has 0 bridgehead atoms. The predicted octanol–water partition coefficient (Wildman–Crippen LogP) is 5.50. The van der Waals surface area contributed by atoms with E-state index in [1.54, 1.807) is 6.07 Å². The van der Waals surface area contributed by atoms with Crippen LogP contribution in [-0.4, -0.2) is 16.9 Å². The average molecular weight is 545 g/mol. The van der Waals surface area contributed by atoms with Crippen molar-refractivity contribution in [2.45, 2.75) is 90.0 Å². The van der Waals surface area contributed by atoms with E-state index in [4.69, 9.17) is 0 Å². The number of hydrogen-bond donors (Lipinski definition) is 4. The van der Waals surface area contributed by atoms with Gasteiger partial charge in [-0.25, -0.2) is 9.82 Å². The molecule has 0 radical (unpaired) electrons. The summed E-state index contributed by atoms with van der Waals surface area (Å²) in [6.45, 7) is 4.75. The van der Waals surface area contributed by atoms with E-state index in [1.165, 1.54) is 11.1 Å². The summed E-state index contributed by atoms with van der Waals surface area (Å²) in [5.41, 5.74) is 13.0. The fourth-order valence-corrected chi connectivity index (χ4v) is 9.48. The standard InChI is InChI=1S/C33H41FN4O2/c1-18(10-13-28(39)36-27-16-19-6-3-4-9-26(19)37-32(27)40)29-24-17-35-38-31(24)33(2)15-14-21-20-7-5-8-25(34)22(20)11-12-23(21)30(29)33/h5,7-8,16-18,21,23,29-31,35,38H,3-4,6,9-15H2,1-2H3,(H,36,39)(H,37,40). The normalized spacial score (nSPS) is 32.5. The number of rotatable bonds is 5. The molecule has 7 unspecified atom stereocenters. The maximum Gasteiger partial charge on any atom is 0.271 e. The number of anilines is 1. The molecule has 6 nitrogen and oxygen atoms in total. The zero-order valence-corrected chi connectivity index (χ0v) is 23.6. The van der Waals surface area contributed by atoms with E-state index >= 15 is 0 Å². The van der Waals surface area contributed by atoms with Crippen molar-refractivity contribution < 1.29 is 9.18 Å². The Labute approximate surface area is 235 Å². The van der Waals surface area contributed by atoms with Crippen LogP contribution in [0.3, 0.4) is 0 Å². The smallest absolute Gasteiger partial charge is 0.271 e. The first-order valence-corrected chi connectivity index (χ1v) is 15.4. The number of hydrogen-bond acceptors (Lipinski definition) is 4. The first kappa shape index (κ1) is 26.0. The number of H-pyrrole nitrogens is 1. The highest BCUT2D eigenvalue weighted by atomic mass is 19.1. The number of pyridine rings is 1. The molecule has 2 heterocycles. The van der Waals surface area contributed by atoms with Crippen LogP contribution >= 0.6 is 0 Å². The van der Waals surface area contributed by atoms with Crippen molar-refractivity contribution in [3.05, 3.63) is 74.6 Å². The molecule has 1 aromatic heterocycles. The van der Waals surface area contributed by atoms with Crippen LogP contribution < -0.4 is 21.7 Å². The Hall–Kier alpha value is -2.93. The van der Waals surface area contributed by atoms with Crippen LogP contribution in [0.25, 0.3) is 0 Å². The summed E-state index contributed by atoms with van der Waals surface area (Å²) in [6.07, 6.45) is 11.4. The van der Waals surface area contributed by atoms with E-state index in [-0.39, 0.29) is 22.7 Å². The van der Waals surface area contributed by atoms with Crippen LogP contribution in [0.15, 0.2) is 40.8 Å². The topological polar surface area (TPSA) is 86.0 Å². The first-order valence-electron chi connectivity index (χ1n) is 15.4. The van der Waals surface area contributed by atoms with Gasteiger partial charge in [-0.1, -0.05) is 26.0 Å². The zero-order chi connectivity index (χ0) is 27.6. The molecule has 2 saturated carbocycles. The molecule has 0 spiro atoms. The molecule has 1 aliphatic heterocycles. The van der Waals surface area contributed by atoms with E-state index in [0.717, 1.165) is 74.6 Å². The van der Waals surface area contributed by atoms with E-state index < -0.39 is 0 Å². The summed E-state index contributed by atoms with van der Waals surface area (Å²) in [5.74, 6) is 1.92. The molecule has 4 aliphatic carbocycles. The minimum atomic E-state index is -0.202. The SMILES string of the molecule is CC(CCC(=O)Nc1cc2c([nH]c1=O)CCCC2)C1C2=CNNC2C2(C)CCC3c4cccc(F)c4CCC3C12. The van der Waals surface area contributed by atoms with Gasteiger partial charge >= 0.3 is 0 Å². The molecule has 212 valence electrons. The minimum absolute atomic E-state index is 0.0464. The van der Waals surface area contributed by atoms with Crippen LogP contribution in [0, 0.1) is 34.9 Å². The third-order valence-corrected chi connectivity index (χ3v) is 11.3. The lowest BCUT2D eigenvalue weighted by atomic mass is 9.53. The van der Waals surface area contributed by atoms with Gasteiger partial charge in [0, 0.05) is 18.3 Å². The molecule has 2 aromatic rings. The Balaban J connectivity index is 1.10. The molecule has 40 heavy (non-hydrogen) atoms. The monoisotopic (exact) mass is 544 g/mol. The van der Waals surface area contributed by atoms with Crippen molar-refractivity contribution in [1.82, 2.24) is 15.8 Å². The van der Waals surface area contributed by atoms with Gasteiger partial charge in [0.15, 0.2) is 0 Å². The summed E-state index contributed by atoms with van der Waals surface area (Å²) < 4.78 is 14.7. The number of carbonyl (C=O) groups is 1. The molecule has 7 heteroatoms. The van der Waals surface area contributed by atoms with Crippen molar-refractivity contribution in [3.63, 3.8) is 0 Å². The predicted molar refractivity (Wildman–Crippen MR) is 154 cm³/mol. The highest BCUT2D eigenvalue weighted by Crippen LogP contribution is 2.66. The summed E-state index contributed by atoms with van der Waals surface area (Å²) in [6, 6.07) is 7.84. The Kier molecular flexibility index (Phi) is 6.41. The van der Waals surface area contributed by atoms with Gasteiger partial charge in [-0.2, -0.15) is 0 Å². The second-order valence-corrected chi connectivity index (χ2v) is 13.4. The van der Waals surface area contributed by atoms with Crippen LogP contribution in [0.1, 0.15) is 87.1 Å².